The van der Waals surface area contributed by atoms with Crippen LogP contribution >= 0.6 is 0 Å². The van der Waals surface area contributed by atoms with Crippen LogP contribution in [0.2, 0.25) is 0 Å². The van der Waals surface area contributed by atoms with Gasteiger partial charge in [-0.05, 0) is 137 Å². The zero-order chi connectivity index (χ0) is 58.2. The molecule has 0 aliphatic carbocycles. The van der Waals surface area contributed by atoms with Gasteiger partial charge in [-0.2, -0.15) is 0 Å². The summed E-state index contributed by atoms with van der Waals surface area (Å²) < 4.78 is 14.7. The molecule has 14 rings (SSSR count). The summed E-state index contributed by atoms with van der Waals surface area (Å²) in [5, 5.41) is 11.6. The second-order valence-electron chi connectivity index (χ2n) is 27.4. The van der Waals surface area contributed by atoms with E-state index in [2.05, 4.69) is 311 Å². The fourth-order valence-electron chi connectivity index (χ4n) is 12.9. The van der Waals surface area contributed by atoms with Gasteiger partial charge in [-0.15, -0.1) is 0 Å². The normalized spacial score (nSPS) is 12.8. The van der Waals surface area contributed by atoms with Gasteiger partial charge >= 0.3 is 0 Å². The maximum Gasteiger partial charge on any atom is 0.159 e. The number of benzene rings is 12. The van der Waals surface area contributed by atoms with Gasteiger partial charge in [0.1, 0.15) is 11.2 Å². The number of hydrogen-bond acceptors (Lipinski definition) is 4. The maximum absolute atomic E-state index is 7.35. The molecule has 0 radical (unpaired) electrons. The third-order valence-electron chi connectivity index (χ3n) is 17.6. The van der Waals surface area contributed by atoms with E-state index in [1.165, 1.54) is 54.9 Å². The molecule has 0 amide bonds. The topological polar surface area (TPSA) is 32.8 Å². The number of hydrogen-bond donors (Lipinski definition) is 0. The van der Waals surface area contributed by atoms with E-state index in [0.29, 0.717) is 0 Å². The third-order valence-corrected chi connectivity index (χ3v) is 17.6. The van der Waals surface area contributed by atoms with Crippen LogP contribution < -0.4 is 9.80 Å². The van der Waals surface area contributed by atoms with Crippen molar-refractivity contribution in [2.24, 2.45) is 0 Å². The first-order chi connectivity index (χ1) is 40.2. The highest BCUT2D eigenvalue weighted by Gasteiger charge is 2.31. The summed E-state index contributed by atoms with van der Waals surface area (Å²) in [6, 6.07) is 80.8. The molecule has 0 saturated heterocycles. The van der Waals surface area contributed by atoms with Crippen molar-refractivity contribution in [2.45, 2.75) is 105 Å². The quantitative estimate of drug-likeness (QED) is 0.142. The van der Waals surface area contributed by atoms with Gasteiger partial charge < -0.3 is 18.6 Å². The molecule has 0 aliphatic heterocycles. The Labute approximate surface area is 493 Å². The molecule has 0 unspecified atom stereocenters. The molecule has 0 aliphatic rings. The summed E-state index contributed by atoms with van der Waals surface area (Å²) in [6.45, 7) is 27.6. The molecule has 12 aromatic carbocycles. The van der Waals surface area contributed by atoms with Crippen LogP contribution in [0.3, 0.4) is 0 Å². The molecule has 0 saturated carbocycles. The Balaban J connectivity index is 1.02. The molecule has 0 fully saturated rings. The highest BCUT2D eigenvalue weighted by atomic mass is 16.3. The Kier molecular flexibility index (Phi) is 12.1. The Hall–Kier alpha value is -9.12. The first-order valence-corrected chi connectivity index (χ1v) is 29.8. The molecule has 2 heterocycles. The molecule has 84 heavy (non-hydrogen) atoms. The van der Waals surface area contributed by atoms with Crippen LogP contribution in [0.4, 0.5) is 34.1 Å². The first-order valence-electron chi connectivity index (χ1n) is 29.8. The van der Waals surface area contributed by atoms with Crippen molar-refractivity contribution in [3.05, 3.63) is 241 Å². The second-order valence-corrected chi connectivity index (χ2v) is 27.4. The van der Waals surface area contributed by atoms with Crippen LogP contribution in [0.1, 0.15) is 105 Å². The van der Waals surface area contributed by atoms with Gasteiger partial charge in [0.15, 0.2) is 11.2 Å². The molecule has 0 bridgehead atoms. The monoisotopic (exact) mass is 1090 g/mol. The zero-order valence-corrected chi connectivity index (χ0v) is 50.5. The molecular formula is C80H72N2O2. The van der Waals surface area contributed by atoms with Crippen LogP contribution in [0.5, 0.6) is 0 Å². The summed E-state index contributed by atoms with van der Waals surface area (Å²) >= 11 is 0. The number of fused-ring (bicyclic) bond motifs is 6. The third kappa shape index (κ3) is 8.80. The van der Waals surface area contributed by atoms with Crippen molar-refractivity contribution in [1.82, 2.24) is 0 Å². The molecule has 14 aromatic rings. The van der Waals surface area contributed by atoms with E-state index in [1.807, 2.05) is 0 Å². The molecule has 2 aromatic heterocycles. The highest BCUT2D eigenvalue weighted by Crippen LogP contribution is 2.52. The SMILES string of the molecule is CC(C)(C)c1cc(C(C)(C)C)c2oc3c(N(c4ccc(-c5ccccc5)cc4)c4ccc5ccc6c(N(c7ccc(-c8ccccc8)cc7)c7cccc8c7oc7c(C(C)(C)C)cc(C(C)(C)C)cc78)ccc7ccc4c5c76)cccc3c2c1. The second kappa shape index (κ2) is 19.2. The molecule has 4 nitrogen and oxygen atoms in total. The van der Waals surface area contributed by atoms with Crippen molar-refractivity contribution in [1.29, 1.82) is 0 Å². The van der Waals surface area contributed by atoms with Crippen LogP contribution in [-0.4, -0.2) is 0 Å². The summed E-state index contributed by atoms with van der Waals surface area (Å²) in [4.78, 5) is 4.88. The van der Waals surface area contributed by atoms with Gasteiger partial charge in [-0.25, -0.2) is 0 Å². The number of furan rings is 2. The van der Waals surface area contributed by atoms with Gasteiger partial charge in [-0.1, -0.05) is 241 Å². The Morgan fingerprint density at radius 1 is 0.262 bits per heavy atom. The Morgan fingerprint density at radius 2 is 0.619 bits per heavy atom. The zero-order valence-electron chi connectivity index (χ0n) is 50.5. The Morgan fingerprint density at radius 3 is 0.976 bits per heavy atom. The lowest BCUT2D eigenvalue weighted by molar-refractivity contribution is 0.558. The Bertz CT molecular complexity index is 4530. The first kappa shape index (κ1) is 52.9. The van der Waals surface area contributed by atoms with Crippen LogP contribution in [0.15, 0.2) is 227 Å². The molecule has 4 heteroatoms. The van der Waals surface area contributed by atoms with Gasteiger partial charge in [0.25, 0.3) is 0 Å². The van der Waals surface area contributed by atoms with Gasteiger partial charge in [0.05, 0.1) is 22.7 Å². The highest BCUT2D eigenvalue weighted by molar-refractivity contribution is 6.29. The minimum atomic E-state index is -0.156. The maximum atomic E-state index is 7.35. The lowest BCUT2D eigenvalue weighted by atomic mass is 9.79. The van der Waals surface area contributed by atoms with E-state index < -0.39 is 0 Å². The van der Waals surface area contributed by atoms with E-state index in [4.69, 9.17) is 8.83 Å². The predicted molar refractivity (Wildman–Crippen MR) is 360 cm³/mol. The van der Waals surface area contributed by atoms with E-state index in [-0.39, 0.29) is 21.7 Å². The minimum absolute atomic E-state index is 0.0546. The number of para-hydroxylation sites is 2. The van der Waals surface area contributed by atoms with Crippen molar-refractivity contribution in [3.8, 4) is 22.3 Å². The molecule has 414 valence electrons. The van der Waals surface area contributed by atoms with Crippen molar-refractivity contribution >= 4 is 110 Å². The van der Waals surface area contributed by atoms with Gasteiger partial charge in [-0.3, -0.25) is 0 Å². The summed E-state index contributed by atoms with van der Waals surface area (Å²) in [6.07, 6.45) is 0. The van der Waals surface area contributed by atoms with Gasteiger partial charge in [0.2, 0.25) is 0 Å². The largest absolute Gasteiger partial charge is 0.454 e. The average molecular weight is 1090 g/mol. The molecule has 0 spiro atoms. The summed E-state index contributed by atoms with van der Waals surface area (Å²) in [5.41, 5.74) is 19.1. The molecule has 0 N–H and O–H groups in total. The van der Waals surface area contributed by atoms with Crippen LogP contribution in [-0.2, 0) is 21.7 Å². The fourth-order valence-corrected chi connectivity index (χ4v) is 12.9. The van der Waals surface area contributed by atoms with Crippen molar-refractivity contribution < 1.29 is 8.83 Å². The van der Waals surface area contributed by atoms with E-state index in [9.17, 15) is 0 Å². The molecule has 0 atom stereocenters. The number of nitrogens with zero attached hydrogens (tertiary/aromatic N) is 2. The number of anilines is 6. The van der Waals surface area contributed by atoms with Crippen LogP contribution in [0, 0.1) is 0 Å². The van der Waals surface area contributed by atoms with Gasteiger partial charge in [0, 0.05) is 54.8 Å². The summed E-state index contributed by atoms with van der Waals surface area (Å²) in [5.74, 6) is 0. The number of rotatable bonds is 8. The van der Waals surface area contributed by atoms with E-state index >= 15 is 0 Å². The smallest absolute Gasteiger partial charge is 0.159 e. The van der Waals surface area contributed by atoms with E-state index in [1.54, 1.807) is 0 Å². The average Bonchev–Trinajstić information content (AvgIpc) is 2.89. The van der Waals surface area contributed by atoms with Crippen molar-refractivity contribution in [2.75, 3.05) is 9.80 Å². The standard InChI is InChI=1S/C80H72N2O2/c1-77(2,3)55-45-63-59-25-19-27-69(75(59)83-73(63)65(47-55)79(7,8)9)81(57-37-29-51(30-38-57)49-21-15-13-16-22-49)67-43-35-53-34-42-62-68(44-36-54-33-41-61(67)71(53)72(54)62)82(58-39-31-52(32-40-58)50-23-17-14-18-24-50)70-28-20-26-60-64-46-56(78(4,5)6)48-66(80(10,11)12)74(64)84-76(60)70/h13-48H,1-12H3. The van der Waals surface area contributed by atoms with E-state index in [0.717, 1.165) is 99.9 Å². The predicted octanol–water partition coefficient (Wildman–Crippen LogP) is 23.8. The lowest BCUT2D eigenvalue weighted by Crippen LogP contribution is -2.16. The van der Waals surface area contributed by atoms with Crippen LogP contribution in [0.25, 0.3) is 98.4 Å². The summed E-state index contributed by atoms with van der Waals surface area (Å²) in [7, 11) is 0. The molecular weight excluding hydrogens is 1020 g/mol. The van der Waals surface area contributed by atoms with Crippen molar-refractivity contribution in [3.63, 3.8) is 0 Å². The minimum Gasteiger partial charge on any atom is -0.454 e. The fraction of sp³-hybridized carbons (Fsp3) is 0.200. The lowest BCUT2D eigenvalue weighted by Gasteiger charge is -2.29.